The van der Waals surface area contributed by atoms with Crippen molar-refractivity contribution in [2.75, 3.05) is 5.75 Å². The van der Waals surface area contributed by atoms with Crippen molar-refractivity contribution in [1.29, 1.82) is 0 Å². The summed E-state index contributed by atoms with van der Waals surface area (Å²) in [4.78, 5) is 10.1. The van der Waals surface area contributed by atoms with Crippen LogP contribution in [0.5, 0.6) is 0 Å². The Balaban J connectivity index is 2.47. The predicted molar refractivity (Wildman–Crippen MR) is 67.5 cm³/mol. The summed E-state index contributed by atoms with van der Waals surface area (Å²) in [6, 6.07) is 6.64. The van der Waals surface area contributed by atoms with E-state index in [1.54, 1.807) is 23.9 Å². The number of non-ortho nitro benzene ring substituents is 1. The molecule has 0 aliphatic heterocycles. The largest absolute Gasteiger partial charge is 0.325 e. The first kappa shape index (κ1) is 13.0. The maximum atomic E-state index is 10.4. The van der Waals surface area contributed by atoms with Crippen LogP contribution in [0.15, 0.2) is 24.3 Å². The second-order valence-electron chi connectivity index (χ2n) is 4.40. The van der Waals surface area contributed by atoms with Crippen LogP contribution in [-0.2, 0) is 5.75 Å². The highest BCUT2D eigenvalue weighted by atomic mass is 32.2. The lowest BCUT2D eigenvalue weighted by Gasteiger charge is -2.17. The van der Waals surface area contributed by atoms with Gasteiger partial charge in [-0.2, -0.15) is 11.8 Å². The predicted octanol–water partition coefficient (Wildman–Crippen LogP) is 2.57. The van der Waals surface area contributed by atoms with Gasteiger partial charge in [-0.1, -0.05) is 12.1 Å². The van der Waals surface area contributed by atoms with E-state index in [0.717, 1.165) is 17.1 Å². The Morgan fingerprint density at radius 3 is 2.38 bits per heavy atom. The molecule has 1 aromatic carbocycles. The first-order chi connectivity index (χ1) is 7.38. The lowest BCUT2D eigenvalue weighted by Crippen LogP contribution is -2.34. The molecule has 0 fully saturated rings. The van der Waals surface area contributed by atoms with Gasteiger partial charge in [0.25, 0.3) is 5.69 Å². The minimum Gasteiger partial charge on any atom is -0.325 e. The Morgan fingerprint density at radius 2 is 1.94 bits per heavy atom. The standard InChI is InChI=1S/C11H16N2O2S/c1-11(2,12)8-16-7-9-3-5-10(6-4-9)13(14)15/h3-6H,7-8,12H2,1-2H3. The molecule has 1 rings (SSSR count). The van der Waals surface area contributed by atoms with E-state index < -0.39 is 0 Å². The van der Waals surface area contributed by atoms with Crippen LogP contribution in [0.2, 0.25) is 0 Å². The molecule has 5 heteroatoms. The van der Waals surface area contributed by atoms with Crippen LogP contribution in [-0.4, -0.2) is 16.2 Å². The van der Waals surface area contributed by atoms with Crippen LogP contribution >= 0.6 is 11.8 Å². The first-order valence-electron chi connectivity index (χ1n) is 4.98. The molecule has 0 aliphatic carbocycles. The van der Waals surface area contributed by atoms with E-state index in [1.807, 2.05) is 13.8 Å². The zero-order valence-electron chi connectivity index (χ0n) is 9.47. The van der Waals surface area contributed by atoms with E-state index in [0.29, 0.717) is 0 Å². The molecular formula is C11H16N2O2S. The molecule has 0 amide bonds. The number of nitro benzene ring substituents is 1. The van der Waals surface area contributed by atoms with Gasteiger partial charge in [-0.15, -0.1) is 0 Å². The van der Waals surface area contributed by atoms with Crippen molar-refractivity contribution in [3.05, 3.63) is 39.9 Å². The van der Waals surface area contributed by atoms with Crippen LogP contribution in [0.3, 0.4) is 0 Å². The molecule has 0 aromatic heterocycles. The van der Waals surface area contributed by atoms with E-state index in [-0.39, 0.29) is 16.1 Å². The van der Waals surface area contributed by atoms with Gasteiger partial charge in [0.05, 0.1) is 4.92 Å². The Morgan fingerprint density at radius 1 is 1.38 bits per heavy atom. The van der Waals surface area contributed by atoms with Crippen molar-refractivity contribution in [1.82, 2.24) is 0 Å². The molecule has 16 heavy (non-hydrogen) atoms. The molecule has 0 aliphatic rings. The topological polar surface area (TPSA) is 69.2 Å². The van der Waals surface area contributed by atoms with Crippen LogP contribution in [0, 0.1) is 10.1 Å². The van der Waals surface area contributed by atoms with Crippen LogP contribution in [0.25, 0.3) is 0 Å². The highest BCUT2D eigenvalue weighted by molar-refractivity contribution is 7.98. The number of thioether (sulfide) groups is 1. The minimum atomic E-state index is -0.389. The number of benzene rings is 1. The third-order valence-corrected chi connectivity index (χ3v) is 3.38. The third-order valence-electron chi connectivity index (χ3n) is 1.89. The smallest absolute Gasteiger partial charge is 0.269 e. The van der Waals surface area contributed by atoms with Gasteiger partial charge in [0, 0.05) is 29.2 Å². The lowest BCUT2D eigenvalue weighted by atomic mass is 10.1. The summed E-state index contributed by atoms with van der Waals surface area (Å²) in [6.07, 6.45) is 0. The van der Waals surface area contributed by atoms with Crippen molar-refractivity contribution in [2.24, 2.45) is 5.73 Å². The zero-order valence-corrected chi connectivity index (χ0v) is 10.3. The Kier molecular flexibility index (Phi) is 4.32. The molecule has 0 heterocycles. The number of nitrogens with zero attached hydrogens (tertiary/aromatic N) is 1. The summed E-state index contributed by atoms with van der Waals surface area (Å²) in [5.41, 5.74) is 6.89. The molecule has 0 radical (unpaired) electrons. The molecule has 1 aromatic rings. The van der Waals surface area contributed by atoms with Crippen LogP contribution < -0.4 is 5.73 Å². The van der Waals surface area contributed by atoms with Crippen molar-refractivity contribution < 1.29 is 4.92 Å². The van der Waals surface area contributed by atoms with E-state index in [4.69, 9.17) is 5.73 Å². The summed E-state index contributed by atoms with van der Waals surface area (Å²) in [5.74, 6) is 1.70. The van der Waals surface area contributed by atoms with Gasteiger partial charge < -0.3 is 5.73 Å². The highest BCUT2D eigenvalue weighted by Crippen LogP contribution is 2.18. The lowest BCUT2D eigenvalue weighted by molar-refractivity contribution is -0.384. The maximum Gasteiger partial charge on any atom is 0.269 e. The summed E-state index contributed by atoms with van der Waals surface area (Å²) < 4.78 is 0. The minimum absolute atomic E-state index is 0.132. The summed E-state index contributed by atoms with van der Waals surface area (Å²) >= 11 is 1.73. The van der Waals surface area contributed by atoms with Crippen molar-refractivity contribution in [3.8, 4) is 0 Å². The Bertz CT molecular complexity index is 357. The molecule has 0 bridgehead atoms. The number of nitrogens with two attached hydrogens (primary N) is 1. The van der Waals surface area contributed by atoms with Crippen LogP contribution in [0.4, 0.5) is 5.69 Å². The maximum absolute atomic E-state index is 10.4. The van der Waals surface area contributed by atoms with Gasteiger partial charge in [0.2, 0.25) is 0 Å². The molecule has 88 valence electrons. The third kappa shape index (κ3) is 4.63. The number of hydrogen-bond donors (Lipinski definition) is 1. The average molecular weight is 240 g/mol. The van der Waals surface area contributed by atoms with E-state index in [9.17, 15) is 10.1 Å². The fraction of sp³-hybridized carbons (Fsp3) is 0.455. The van der Waals surface area contributed by atoms with Gasteiger partial charge in [0.1, 0.15) is 0 Å². The van der Waals surface area contributed by atoms with Crippen molar-refractivity contribution in [2.45, 2.75) is 25.1 Å². The molecule has 0 atom stereocenters. The Labute approximate surface area is 99.4 Å². The van der Waals surface area contributed by atoms with Crippen molar-refractivity contribution in [3.63, 3.8) is 0 Å². The van der Waals surface area contributed by atoms with E-state index in [1.165, 1.54) is 12.1 Å². The number of hydrogen-bond acceptors (Lipinski definition) is 4. The number of rotatable bonds is 5. The van der Waals surface area contributed by atoms with E-state index in [2.05, 4.69) is 0 Å². The highest BCUT2D eigenvalue weighted by Gasteiger charge is 2.10. The first-order valence-corrected chi connectivity index (χ1v) is 6.14. The van der Waals surface area contributed by atoms with Crippen molar-refractivity contribution >= 4 is 17.4 Å². The second-order valence-corrected chi connectivity index (χ2v) is 5.39. The van der Waals surface area contributed by atoms with Gasteiger partial charge in [0.15, 0.2) is 0 Å². The SMILES string of the molecule is CC(C)(N)CSCc1ccc([N+](=O)[O-])cc1. The monoisotopic (exact) mass is 240 g/mol. The quantitative estimate of drug-likeness (QED) is 0.634. The normalized spacial score (nSPS) is 11.4. The molecule has 0 saturated heterocycles. The summed E-state index contributed by atoms with van der Waals surface area (Å²) in [7, 11) is 0. The Hall–Kier alpha value is -1.07. The summed E-state index contributed by atoms with van der Waals surface area (Å²) in [6.45, 7) is 3.96. The second kappa shape index (κ2) is 5.32. The van der Waals surface area contributed by atoms with Gasteiger partial charge in [-0.3, -0.25) is 10.1 Å². The van der Waals surface area contributed by atoms with Gasteiger partial charge in [-0.25, -0.2) is 0 Å². The zero-order chi connectivity index (χ0) is 12.2. The van der Waals surface area contributed by atoms with Crippen LogP contribution in [0.1, 0.15) is 19.4 Å². The van der Waals surface area contributed by atoms with Gasteiger partial charge in [-0.05, 0) is 19.4 Å². The molecule has 0 saturated carbocycles. The van der Waals surface area contributed by atoms with Gasteiger partial charge >= 0.3 is 0 Å². The average Bonchev–Trinajstić information content (AvgIpc) is 2.16. The number of nitro groups is 1. The molecule has 2 N–H and O–H groups in total. The fourth-order valence-corrected chi connectivity index (χ4v) is 2.20. The summed E-state index contributed by atoms with van der Waals surface area (Å²) in [5, 5.41) is 10.4. The molecule has 4 nitrogen and oxygen atoms in total. The fourth-order valence-electron chi connectivity index (χ4n) is 1.15. The molecule has 0 spiro atoms. The molecule has 0 unspecified atom stereocenters. The molecular weight excluding hydrogens is 224 g/mol. The van der Waals surface area contributed by atoms with E-state index >= 15 is 0 Å².